The molecule has 0 spiro atoms. The van der Waals surface area contributed by atoms with Gasteiger partial charge in [0, 0.05) is 28.3 Å². The predicted molar refractivity (Wildman–Crippen MR) is 81.3 cm³/mol. The van der Waals surface area contributed by atoms with Gasteiger partial charge in [0.2, 0.25) is 0 Å². The highest BCUT2D eigenvalue weighted by atomic mass is 32.2. The van der Waals surface area contributed by atoms with E-state index in [0.29, 0.717) is 10.9 Å². The maximum absolute atomic E-state index is 12.3. The second-order valence-corrected chi connectivity index (χ2v) is 6.82. The second kappa shape index (κ2) is 8.11. The van der Waals surface area contributed by atoms with E-state index in [9.17, 15) is 14.3 Å². The zero-order valence-corrected chi connectivity index (χ0v) is 13.0. The summed E-state index contributed by atoms with van der Waals surface area (Å²) in [4.78, 5) is 10.8. The van der Waals surface area contributed by atoms with Gasteiger partial charge in [-0.25, -0.2) is 0 Å². The molecule has 0 heterocycles. The van der Waals surface area contributed by atoms with E-state index in [1.165, 1.54) is 12.1 Å². The van der Waals surface area contributed by atoms with Gasteiger partial charge in [0.05, 0.1) is 15.7 Å². The lowest BCUT2D eigenvalue weighted by Crippen LogP contribution is -2.31. The SMILES string of the molecule is CCCNC(C)CC(C)S(=O)c1ccc([N+](=O)[O-])cc1. The molecular weight excluding hydrogens is 276 g/mol. The third kappa shape index (κ3) is 5.02. The van der Waals surface area contributed by atoms with E-state index >= 15 is 0 Å². The summed E-state index contributed by atoms with van der Waals surface area (Å²) in [6, 6.07) is 6.27. The third-order valence-electron chi connectivity index (χ3n) is 3.07. The molecule has 1 N–H and O–H groups in total. The first-order valence-electron chi connectivity index (χ1n) is 6.84. The summed E-state index contributed by atoms with van der Waals surface area (Å²) in [5, 5.41) is 14.0. The molecule has 0 fully saturated rings. The first-order valence-corrected chi connectivity index (χ1v) is 8.05. The van der Waals surface area contributed by atoms with E-state index in [4.69, 9.17) is 0 Å². The molecule has 0 saturated carbocycles. The molecule has 1 rings (SSSR count). The number of benzene rings is 1. The molecule has 6 heteroatoms. The first kappa shape index (κ1) is 16.8. The van der Waals surface area contributed by atoms with Crippen molar-refractivity contribution >= 4 is 16.5 Å². The summed E-state index contributed by atoms with van der Waals surface area (Å²) < 4.78 is 12.3. The Hall–Kier alpha value is -1.27. The normalized spacial score (nSPS) is 15.6. The zero-order chi connectivity index (χ0) is 15.1. The van der Waals surface area contributed by atoms with Crippen LogP contribution in [0, 0.1) is 10.1 Å². The zero-order valence-electron chi connectivity index (χ0n) is 12.2. The highest BCUT2D eigenvalue weighted by Gasteiger charge is 2.17. The number of rotatable bonds is 8. The quantitative estimate of drug-likeness (QED) is 0.591. The van der Waals surface area contributed by atoms with Crippen LogP contribution in [0.1, 0.15) is 33.6 Å². The third-order valence-corrected chi connectivity index (χ3v) is 4.73. The number of hydrogen-bond donors (Lipinski definition) is 1. The average molecular weight is 298 g/mol. The van der Waals surface area contributed by atoms with E-state index in [1.54, 1.807) is 12.1 Å². The van der Waals surface area contributed by atoms with E-state index in [2.05, 4.69) is 19.2 Å². The molecule has 0 aliphatic carbocycles. The molecule has 0 amide bonds. The Labute approximate surface area is 122 Å². The number of nitro benzene ring substituents is 1. The Morgan fingerprint density at radius 1 is 1.30 bits per heavy atom. The number of nitrogens with one attached hydrogen (secondary N) is 1. The molecule has 0 radical (unpaired) electrons. The molecule has 3 unspecified atom stereocenters. The van der Waals surface area contributed by atoms with Gasteiger partial charge in [-0.05, 0) is 38.4 Å². The standard InChI is InChI=1S/C14H22N2O3S/c1-4-9-15-11(2)10-12(3)20(19)14-7-5-13(6-8-14)16(17)18/h5-8,11-12,15H,4,9-10H2,1-3H3. The fourth-order valence-electron chi connectivity index (χ4n) is 1.99. The van der Waals surface area contributed by atoms with Gasteiger partial charge >= 0.3 is 0 Å². The van der Waals surface area contributed by atoms with Crippen LogP contribution in [0.5, 0.6) is 0 Å². The fraction of sp³-hybridized carbons (Fsp3) is 0.571. The van der Waals surface area contributed by atoms with Crippen LogP contribution < -0.4 is 5.32 Å². The van der Waals surface area contributed by atoms with Gasteiger partial charge in [-0.1, -0.05) is 13.8 Å². The summed E-state index contributed by atoms with van der Waals surface area (Å²) in [6.07, 6.45) is 1.88. The van der Waals surface area contributed by atoms with Crippen LogP contribution in [-0.2, 0) is 10.8 Å². The van der Waals surface area contributed by atoms with Crippen molar-refractivity contribution in [3.05, 3.63) is 34.4 Å². The van der Waals surface area contributed by atoms with Gasteiger partial charge < -0.3 is 5.32 Å². The minimum Gasteiger partial charge on any atom is -0.314 e. The molecule has 112 valence electrons. The smallest absolute Gasteiger partial charge is 0.269 e. The number of non-ortho nitro benzene ring substituents is 1. The molecular formula is C14H22N2O3S. The van der Waals surface area contributed by atoms with E-state index in [1.807, 2.05) is 6.92 Å². The van der Waals surface area contributed by atoms with Crippen LogP contribution >= 0.6 is 0 Å². The van der Waals surface area contributed by atoms with Gasteiger partial charge in [-0.15, -0.1) is 0 Å². The van der Waals surface area contributed by atoms with Crippen molar-refractivity contribution in [3.63, 3.8) is 0 Å². The summed E-state index contributed by atoms with van der Waals surface area (Å²) in [5.41, 5.74) is 0.0244. The van der Waals surface area contributed by atoms with Gasteiger partial charge in [0.15, 0.2) is 0 Å². The summed E-state index contributed by atoms with van der Waals surface area (Å²) in [5.74, 6) is 0. The van der Waals surface area contributed by atoms with Crippen molar-refractivity contribution < 1.29 is 9.13 Å². The lowest BCUT2D eigenvalue weighted by molar-refractivity contribution is -0.384. The molecule has 20 heavy (non-hydrogen) atoms. The van der Waals surface area contributed by atoms with Gasteiger partial charge in [0.1, 0.15) is 0 Å². The summed E-state index contributed by atoms with van der Waals surface area (Å²) >= 11 is 0. The summed E-state index contributed by atoms with van der Waals surface area (Å²) in [6.45, 7) is 7.09. The molecule has 0 aliphatic heterocycles. The first-order chi connectivity index (χ1) is 9.45. The monoisotopic (exact) mass is 298 g/mol. The Morgan fingerprint density at radius 2 is 1.90 bits per heavy atom. The largest absolute Gasteiger partial charge is 0.314 e. The highest BCUT2D eigenvalue weighted by Crippen LogP contribution is 2.18. The van der Waals surface area contributed by atoms with Crippen molar-refractivity contribution in [2.45, 2.75) is 49.8 Å². The second-order valence-electron chi connectivity index (χ2n) is 4.95. The topological polar surface area (TPSA) is 72.2 Å². The molecule has 0 aromatic heterocycles. The van der Waals surface area contributed by atoms with Crippen LogP contribution in [0.2, 0.25) is 0 Å². The molecule has 5 nitrogen and oxygen atoms in total. The van der Waals surface area contributed by atoms with Crippen molar-refractivity contribution in [1.29, 1.82) is 0 Å². The minimum atomic E-state index is -1.14. The van der Waals surface area contributed by atoms with Crippen LogP contribution in [0.3, 0.4) is 0 Å². The molecule has 0 aliphatic rings. The maximum Gasteiger partial charge on any atom is 0.269 e. The molecule has 0 saturated heterocycles. The van der Waals surface area contributed by atoms with Gasteiger partial charge in [0.25, 0.3) is 5.69 Å². The van der Waals surface area contributed by atoms with Crippen LogP contribution in [0.4, 0.5) is 5.69 Å². The highest BCUT2D eigenvalue weighted by molar-refractivity contribution is 7.85. The van der Waals surface area contributed by atoms with Crippen molar-refractivity contribution in [2.24, 2.45) is 0 Å². The lowest BCUT2D eigenvalue weighted by Gasteiger charge is -2.18. The molecule has 1 aromatic rings. The van der Waals surface area contributed by atoms with Gasteiger partial charge in [-0.2, -0.15) is 0 Å². The van der Waals surface area contributed by atoms with Crippen LogP contribution in [0.25, 0.3) is 0 Å². The Kier molecular flexibility index (Phi) is 6.81. The molecule has 3 atom stereocenters. The van der Waals surface area contributed by atoms with Crippen LogP contribution in [-0.4, -0.2) is 27.0 Å². The predicted octanol–water partition coefficient (Wildman–Crippen LogP) is 2.87. The average Bonchev–Trinajstić information content (AvgIpc) is 2.44. The molecule has 0 bridgehead atoms. The van der Waals surface area contributed by atoms with Crippen LogP contribution in [0.15, 0.2) is 29.2 Å². The van der Waals surface area contributed by atoms with Crippen molar-refractivity contribution in [1.82, 2.24) is 5.32 Å². The van der Waals surface area contributed by atoms with Crippen molar-refractivity contribution in [3.8, 4) is 0 Å². The molecule has 1 aromatic carbocycles. The van der Waals surface area contributed by atoms with Gasteiger partial charge in [-0.3, -0.25) is 14.3 Å². The minimum absolute atomic E-state index is 0.0100. The maximum atomic E-state index is 12.3. The Balaban J connectivity index is 2.62. The fourth-order valence-corrected chi connectivity index (χ4v) is 3.33. The number of nitrogens with zero attached hydrogens (tertiary/aromatic N) is 1. The Bertz CT molecular complexity index is 462. The van der Waals surface area contributed by atoms with E-state index < -0.39 is 15.7 Å². The number of nitro groups is 1. The lowest BCUT2D eigenvalue weighted by atomic mass is 10.2. The van der Waals surface area contributed by atoms with E-state index in [-0.39, 0.29) is 10.9 Å². The summed E-state index contributed by atoms with van der Waals surface area (Å²) in [7, 11) is -1.14. The van der Waals surface area contributed by atoms with E-state index in [0.717, 1.165) is 19.4 Å². The Morgan fingerprint density at radius 3 is 2.40 bits per heavy atom. The number of hydrogen-bond acceptors (Lipinski definition) is 4. The van der Waals surface area contributed by atoms with Crippen molar-refractivity contribution in [2.75, 3.05) is 6.54 Å².